The van der Waals surface area contributed by atoms with Crippen molar-refractivity contribution < 1.29 is 5.11 Å². The van der Waals surface area contributed by atoms with Gasteiger partial charge in [0.05, 0.1) is 12.1 Å². The van der Waals surface area contributed by atoms with Crippen molar-refractivity contribution >= 4 is 28.6 Å². The molecular weight excluding hydrogens is 236 g/mol. The van der Waals surface area contributed by atoms with Gasteiger partial charge in [0, 0.05) is 10.6 Å². The minimum absolute atomic E-state index is 0.0823. The van der Waals surface area contributed by atoms with E-state index in [0.717, 1.165) is 15.9 Å². The summed E-state index contributed by atoms with van der Waals surface area (Å²) in [4.78, 5) is 8.58. The van der Waals surface area contributed by atoms with Gasteiger partial charge in [0.25, 0.3) is 0 Å². The van der Waals surface area contributed by atoms with Crippen LogP contribution in [0.4, 0.5) is 5.95 Å². The molecule has 0 amide bonds. The second kappa shape index (κ2) is 5.31. The van der Waals surface area contributed by atoms with Crippen molar-refractivity contribution in [2.45, 2.75) is 17.2 Å². The molecule has 1 atom stereocenters. The molecule has 5 nitrogen and oxygen atoms in total. The fourth-order valence-electron chi connectivity index (χ4n) is 1.43. The lowest BCUT2D eigenvalue weighted by atomic mass is 10.2. The number of nitrogens with zero attached hydrogens (tertiary/aromatic N) is 2. The zero-order chi connectivity index (χ0) is 12.3. The van der Waals surface area contributed by atoms with Gasteiger partial charge >= 0.3 is 0 Å². The minimum atomic E-state index is 0.0823. The van der Waals surface area contributed by atoms with Crippen LogP contribution in [-0.2, 0) is 0 Å². The first kappa shape index (κ1) is 12.1. The number of rotatable bonds is 4. The molecule has 4 N–H and O–H groups in total. The average molecular weight is 250 g/mol. The quantitative estimate of drug-likeness (QED) is 0.329. The molecule has 1 unspecified atom stereocenters. The Morgan fingerprint density at radius 2 is 2.18 bits per heavy atom. The summed E-state index contributed by atoms with van der Waals surface area (Å²) in [5.41, 5.74) is 3.29. The smallest absolute Gasteiger partial charge is 0.238 e. The topological polar surface area (TPSA) is 84.1 Å². The van der Waals surface area contributed by atoms with Gasteiger partial charge in [-0.3, -0.25) is 5.43 Å². The van der Waals surface area contributed by atoms with Crippen LogP contribution < -0.4 is 11.3 Å². The normalized spacial score (nSPS) is 12.6. The lowest BCUT2D eigenvalue weighted by Gasteiger charge is -2.10. The summed E-state index contributed by atoms with van der Waals surface area (Å²) in [5.74, 6) is 5.72. The van der Waals surface area contributed by atoms with Crippen LogP contribution in [0.3, 0.4) is 0 Å². The van der Waals surface area contributed by atoms with Gasteiger partial charge in [-0.25, -0.2) is 15.8 Å². The van der Waals surface area contributed by atoms with E-state index in [0.29, 0.717) is 5.95 Å². The van der Waals surface area contributed by atoms with Gasteiger partial charge in [0.1, 0.15) is 5.03 Å². The third-order valence-electron chi connectivity index (χ3n) is 2.27. The average Bonchev–Trinajstić information content (AvgIpc) is 2.38. The molecule has 0 saturated heterocycles. The number of anilines is 1. The highest BCUT2D eigenvalue weighted by Crippen LogP contribution is 2.28. The van der Waals surface area contributed by atoms with E-state index in [9.17, 15) is 0 Å². The van der Waals surface area contributed by atoms with Crippen molar-refractivity contribution in [3.63, 3.8) is 0 Å². The number of aromatic nitrogens is 2. The van der Waals surface area contributed by atoms with Crippen LogP contribution in [0.25, 0.3) is 10.9 Å². The Kier molecular flexibility index (Phi) is 3.78. The van der Waals surface area contributed by atoms with Crippen molar-refractivity contribution in [1.82, 2.24) is 9.97 Å². The molecule has 1 aromatic heterocycles. The Labute approximate surface area is 103 Å². The van der Waals surface area contributed by atoms with Crippen LogP contribution >= 0.6 is 11.8 Å². The fraction of sp³-hybridized carbons (Fsp3) is 0.273. The highest BCUT2D eigenvalue weighted by Gasteiger charge is 2.10. The Bertz CT molecular complexity index is 520. The maximum absolute atomic E-state index is 9.09. The molecule has 0 saturated carbocycles. The summed E-state index contributed by atoms with van der Waals surface area (Å²) in [6, 6.07) is 7.72. The number of thioether (sulfide) groups is 1. The number of aliphatic hydroxyl groups excluding tert-OH is 1. The predicted octanol–water partition coefficient (Wildman–Crippen LogP) is 1.39. The number of aliphatic hydroxyl groups is 1. The predicted molar refractivity (Wildman–Crippen MR) is 69.8 cm³/mol. The molecule has 0 fully saturated rings. The summed E-state index contributed by atoms with van der Waals surface area (Å²) in [7, 11) is 0. The van der Waals surface area contributed by atoms with Gasteiger partial charge in [0.15, 0.2) is 0 Å². The maximum atomic E-state index is 9.09. The number of hydrogen-bond donors (Lipinski definition) is 3. The Morgan fingerprint density at radius 1 is 1.41 bits per heavy atom. The zero-order valence-electron chi connectivity index (χ0n) is 9.42. The first-order chi connectivity index (χ1) is 8.24. The van der Waals surface area contributed by atoms with Crippen molar-refractivity contribution in [2.75, 3.05) is 12.0 Å². The minimum Gasteiger partial charge on any atom is -0.395 e. The highest BCUT2D eigenvalue weighted by atomic mass is 32.2. The highest BCUT2D eigenvalue weighted by molar-refractivity contribution is 8.00. The summed E-state index contributed by atoms with van der Waals surface area (Å²) in [5, 5.41) is 11.0. The molecule has 6 heteroatoms. The van der Waals surface area contributed by atoms with Gasteiger partial charge in [0.2, 0.25) is 5.95 Å². The molecule has 17 heavy (non-hydrogen) atoms. The molecule has 0 radical (unpaired) electrons. The SMILES string of the molecule is CC(CO)Sc1nc(NN)nc2ccccc12. The second-order valence-corrected chi connectivity index (χ2v) is 5.05. The number of nitrogen functional groups attached to an aromatic ring is 1. The monoisotopic (exact) mass is 250 g/mol. The molecule has 1 aromatic carbocycles. The van der Waals surface area contributed by atoms with Crippen molar-refractivity contribution in [3.05, 3.63) is 24.3 Å². The van der Waals surface area contributed by atoms with Crippen LogP contribution in [0.1, 0.15) is 6.92 Å². The standard InChI is InChI=1S/C11H14N4OS/c1-7(6-16)17-10-8-4-2-3-5-9(8)13-11(14-10)15-12/h2-5,7,16H,6,12H2,1H3,(H,13,14,15). The first-order valence-electron chi connectivity index (χ1n) is 5.25. The summed E-state index contributed by atoms with van der Waals surface area (Å²) in [6.45, 7) is 2.05. The van der Waals surface area contributed by atoms with Crippen LogP contribution in [0, 0.1) is 0 Å². The molecule has 1 heterocycles. The molecule has 0 bridgehead atoms. The summed E-state index contributed by atoms with van der Waals surface area (Å²) >= 11 is 1.51. The fourth-order valence-corrected chi connectivity index (χ4v) is 2.32. The molecule has 90 valence electrons. The molecule has 0 aliphatic heterocycles. The molecular formula is C11H14N4OS. The molecule has 0 aliphatic rings. The Morgan fingerprint density at radius 3 is 2.88 bits per heavy atom. The molecule has 0 spiro atoms. The summed E-state index contributed by atoms with van der Waals surface area (Å²) < 4.78 is 0. The van der Waals surface area contributed by atoms with Crippen LogP contribution in [-0.4, -0.2) is 26.9 Å². The van der Waals surface area contributed by atoms with Gasteiger partial charge in [-0.05, 0) is 6.07 Å². The van der Waals surface area contributed by atoms with Gasteiger partial charge < -0.3 is 5.11 Å². The molecule has 2 aromatic rings. The lowest BCUT2D eigenvalue weighted by molar-refractivity contribution is 0.300. The van der Waals surface area contributed by atoms with Crippen molar-refractivity contribution in [3.8, 4) is 0 Å². The molecule has 0 aliphatic carbocycles. The van der Waals surface area contributed by atoms with Crippen LogP contribution in [0.5, 0.6) is 0 Å². The van der Waals surface area contributed by atoms with Crippen molar-refractivity contribution in [1.29, 1.82) is 0 Å². The van der Waals surface area contributed by atoms with E-state index in [-0.39, 0.29) is 11.9 Å². The largest absolute Gasteiger partial charge is 0.395 e. The Balaban J connectivity index is 2.50. The third-order valence-corrected chi connectivity index (χ3v) is 3.35. The number of fused-ring (bicyclic) bond motifs is 1. The number of para-hydroxylation sites is 1. The van der Waals surface area contributed by atoms with E-state index in [1.807, 2.05) is 31.2 Å². The number of hydrogen-bond acceptors (Lipinski definition) is 6. The van der Waals surface area contributed by atoms with Crippen LogP contribution in [0.2, 0.25) is 0 Å². The van der Waals surface area contributed by atoms with E-state index in [1.54, 1.807) is 0 Å². The van der Waals surface area contributed by atoms with E-state index in [1.165, 1.54) is 11.8 Å². The lowest BCUT2D eigenvalue weighted by Crippen LogP contribution is -2.11. The second-order valence-electron chi connectivity index (χ2n) is 3.62. The van der Waals surface area contributed by atoms with Gasteiger partial charge in [-0.1, -0.05) is 25.1 Å². The summed E-state index contributed by atoms with van der Waals surface area (Å²) in [6.07, 6.45) is 0. The number of nitrogens with two attached hydrogens (primary N) is 1. The van der Waals surface area contributed by atoms with E-state index >= 15 is 0 Å². The van der Waals surface area contributed by atoms with E-state index < -0.39 is 0 Å². The molecule has 2 rings (SSSR count). The van der Waals surface area contributed by atoms with Crippen LogP contribution in [0.15, 0.2) is 29.3 Å². The Hall–Kier alpha value is -1.37. The number of hydrazine groups is 1. The van der Waals surface area contributed by atoms with Crippen molar-refractivity contribution in [2.24, 2.45) is 5.84 Å². The number of nitrogens with one attached hydrogen (secondary N) is 1. The van der Waals surface area contributed by atoms with E-state index in [4.69, 9.17) is 10.9 Å². The first-order valence-corrected chi connectivity index (χ1v) is 6.13. The zero-order valence-corrected chi connectivity index (χ0v) is 10.2. The van der Waals surface area contributed by atoms with Gasteiger partial charge in [-0.2, -0.15) is 0 Å². The third kappa shape index (κ3) is 2.66. The van der Waals surface area contributed by atoms with E-state index in [2.05, 4.69) is 15.4 Å². The number of benzene rings is 1. The van der Waals surface area contributed by atoms with Gasteiger partial charge in [-0.15, -0.1) is 11.8 Å². The maximum Gasteiger partial charge on any atom is 0.238 e.